The lowest BCUT2D eigenvalue weighted by molar-refractivity contribution is 0.397. The van der Waals surface area contributed by atoms with Crippen LogP contribution in [0, 0.1) is 0 Å². The quantitative estimate of drug-likeness (QED) is 0.171. The molecular weight excluding hydrogens is 732 g/mol. The standard InChI is InChI=1S/C38H35ClN8O6S/c1-43-37(48)34-36(42-35(33-19-20-41-44(33)2)47(34)29-12-9-27(39)10-13-29)46(38(43)49)24-28-11-18-32(21-40-28)54(50,51)45(22-25-5-14-30(52-3)15-6-25)23-26-7-16-31(53-4)17-8-26/h5-21H,22-24H2,1-4H3. The summed E-state index contributed by atoms with van der Waals surface area (Å²) in [5.74, 6) is 1.69. The van der Waals surface area contributed by atoms with Crippen LogP contribution in [-0.2, 0) is 43.8 Å². The molecule has 0 N–H and O–H groups in total. The lowest BCUT2D eigenvalue weighted by atomic mass is 10.2. The molecule has 3 aromatic carbocycles. The summed E-state index contributed by atoms with van der Waals surface area (Å²) in [6.07, 6.45) is 2.89. The minimum Gasteiger partial charge on any atom is -0.497 e. The van der Waals surface area contributed by atoms with Crippen molar-refractivity contribution in [1.82, 2.24) is 37.8 Å². The summed E-state index contributed by atoms with van der Waals surface area (Å²) in [6, 6.07) is 26.1. The van der Waals surface area contributed by atoms with E-state index in [1.807, 2.05) is 24.3 Å². The van der Waals surface area contributed by atoms with E-state index >= 15 is 0 Å². The highest BCUT2D eigenvalue weighted by Crippen LogP contribution is 2.28. The van der Waals surface area contributed by atoms with Crippen molar-refractivity contribution in [3.8, 4) is 28.7 Å². The average molecular weight is 767 g/mol. The van der Waals surface area contributed by atoms with Crippen molar-refractivity contribution >= 4 is 32.8 Å². The molecule has 0 bridgehead atoms. The third-order valence-electron chi connectivity index (χ3n) is 9.07. The van der Waals surface area contributed by atoms with E-state index in [1.54, 1.807) is 97.4 Å². The lowest BCUT2D eigenvalue weighted by Gasteiger charge is -2.23. The Morgan fingerprint density at radius 1 is 0.796 bits per heavy atom. The monoisotopic (exact) mass is 766 g/mol. The molecule has 0 saturated carbocycles. The number of halogens is 1. The summed E-state index contributed by atoms with van der Waals surface area (Å²) < 4.78 is 46.0. The molecule has 0 spiro atoms. The Hall–Kier alpha value is -6.03. The topological polar surface area (TPSA) is 148 Å². The van der Waals surface area contributed by atoms with Crippen LogP contribution in [-0.4, -0.2) is 60.4 Å². The third kappa shape index (κ3) is 6.91. The summed E-state index contributed by atoms with van der Waals surface area (Å²) >= 11 is 6.19. The van der Waals surface area contributed by atoms with Crippen LogP contribution < -0.4 is 20.7 Å². The molecule has 0 radical (unpaired) electrons. The van der Waals surface area contributed by atoms with E-state index in [2.05, 4.69) is 10.1 Å². The Balaban J connectivity index is 1.27. The van der Waals surface area contributed by atoms with E-state index in [1.165, 1.54) is 28.2 Å². The predicted octanol–water partition coefficient (Wildman–Crippen LogP) is 4.79. The number of imidazole rings is 1. The molecule has 0 aliphatic rings. The highest BCUT2D eigenvalue weighted by atomic mass is 35.5. The molecule has 0 unspecified atom stereocenters. The highest BCUT2D eigenvalue weighted by molar-refractivity contribution is 7.89. The van der Waals surface area contributed by atoms with Gasteiger partial charge in [0.25, 0.3) is 5.56 Å². The first-order valence-corrected chi connectivity index (χ1v) is 18.5. The number of ether oxygens (including phenoxy) is 2. The number of aromatic nitrogens is 7. The first-order valence-electron chi connectivity index (χ1n) is 16.7. The number of hydrogen-bond donors (Lipinski definition) is 0. The summed E-state index contributed by atoms with van der Waals surface area (Å²) in [7, 11) is 2.20. The van der Waals surface area contributed by atoms with Crippen LogP contribution >= 0.6 is 11.6 Å². The minimum atomic E-state index is -4.08. The Morgan fingerprint density at radius 2 is 1.41 bits per heavy atom. The molecule has 7 rings (SSSR count). The number of hydrogen-bond acceptors (Lipinski definition) is 9. The summed E-state index contributed by atoms with van der Waals surface area (Å²) in [6.45, 7) is 0.0647. The molecule has 0 saturated heterocycles. The van der Waals surface area contributed by atoms with Crippen molar-refractivity contribution in [2.45, 2.75) is 24.5 Å². The van der Waals surface area contributed by atoms with Gasteiger partial charge in [-0.25, -0.2) is 18.2 Å². The smallest absolute Gasteiger partial charge is 0.332 e. The van der Waals surface area contributed by atoms with Gasteiger partial charge >= 0.3 is 5.69 Å². The zero-order valence-corrected chi connectivity index (χ0v) is 31.3. The van der Waals surface area contributed by atoms with Crippen molar-refractivity contribution in [3.63, 3.8) is 0 Å². The molecule has 7 aromatic rings. The number of rotatable bonds is 12. The molecule has 16 heteroatoms. The summed E-state index contributed by atoms with van der Waals surface area (Å²) in [5.41, 5.74) is 2.21. The zero-order chi connectivity index (χ0) is 38.1. The van der Waals surface area contributed by atoms with Gasteiger partial charge in [-0.05, 0) is 77.9 Å². The second-order valence-corrected chi connectivity index (χ2v) is 14.8. The van der Waals surface area contributed by atoms with E-state index in [0.29, 0.717) is 39.4 Å². The van der Waals surface area contributed by atoms with Crippen LogP contribution in [0.4, 0.5) is 0 Å². The van der Waals surface area contributed by atoms with Gasteiger partial charge < -0.3 is 9.47 Å². The number of sulfonamides is 1. The van der Waals surface area contributed by atoms with Gasteiger partial charge in [0.05, 0.1) is 26.5 Å². The Morgan fingerprint density at radius 3 is 1.93 bits per heavy atom. The third-order valence-corrected chi connectivity index (χ3v) is 11.1. The lowest BCUT2D eigenvalue weighted by Crippen LogP contribution is -2.39. The van der Waals surface area contributed by atoms with Gasteiger partial charge in [0.15, 0.2) is 17.0 Å². The molecule has 0 amide bonds. The van der Waals surface area contributed by atoms with Gasteiger partial charge in [-0.1, -0.05) is 35.9 Å². The first-order chi connectivity index (χ1) is 26.0. The van der Waals surface area contributed by atoms with Gasteiger partial charge in [0.1, 0.15) is 22.1 Å². The van der Waals surface area contributed by atoms with Crippen LogP contribution in [0.3, 0.4) is 0 Å². The maximum Gasteiger partial charge on any atom is 0.332 e. The second-order valence-electron chi connectivity index (χ2n) is 12.4. The average Bonchev–Trinajstić information content (AvgIpc) is 3.80. The second kappa shape index (κ2) is 14.8. The van der Waals surface area contributed by atoms with Crippen molar-refractivity contribution in [1.29, 1.82) is 0 Å². The normalized spacial score (nSPS) is 11.7. The predicted molar refractivity (Wildman–Crippen MR) is 204 cm³/mol. The van der Waals surface area contributed by atoms with Crippen LogP contribution in [0.2, 0.25) is 5.02 Å². The number of benzene rings is 3. The molecule has 4 heterocycles. The van der Waals surface area contributed by atoms with E-state index < -0.39 is 21.3 Å². The molecule has 54 heavy (non-hydrogen) atoms. The van der Waals surface area contributed by atoms with E-state index in [-0.39, 0.29) is 35.7 Å². The van der Waals surface area contributed by atoms with Crippen LogP contribution in [0.15, 0.2) is 118 Å². The molecule has 0 atom stereocenters. The van der Waals surface area contributed by atoms with Crippen molar-refractivity contribution < 1.29 is 17.9 Å². The number of fused-ring (bicyclic) bond motifs is 1. The fourth-order valence-electron chi connectivity index (χ4n) is 6.12. The van der Waals surface area contributed by atoms with Crippen molar-refractivity contribution in [3.05, 3.63) is 146 Å². The molecular formula is C38H35ClN8O6S. The Bertz CT molecular complexity index is 2640. The zero-order valence-electron chi connectivity index (χ0n) is 29.7. The number of methoxy groups -OCH3 is 2. The van der Waals surface area contributed by atoms with E-state index in [4.69, 9.17) is 26.1 Å². The van der Waals surface area contributed by atoms with Gasteiger partial charge in [-0.2, -0.15) is 9.40 Å². The van der Waals surface area contributed by atoms with Crippen molar-refractivity contribution in [2.75, 3.05) is 14.2 Å². The Labute approximate surface area is 315 Å². The number of pyridine rings is 1. The van der Waals surface area contributed by atoms with Crippen LogP contribution in [0.1, 0.15) is 16.8 Å². The summed E-state index contributed by atoms with van der Waals surface area (Å²) in [4.78, 5) is 36.8. The first kappa shape index (κ1) is 36.3. The van der Waals surface area contributed by atoms with Gasteiger partial charge in [0.2, 0.25) is 10.0 Å². The minimum absolute atomic E-state index is 0.0308. The largest absolute Gasteiger partial charge is 0.497 e. The maximum absolute atomic E-state index is 14.2. The van der Waals surface area contributed by atoms with Crippen LogP contribution in [0.5, 0.6) is 11.5 Å². The van der Waals surface area contributed by atoms with E-state index in [9.17, 15) is 18.0 Å². The molecule has 4 aromatic heterocycles. The molecule has 14 nitrogen and oxygen atoms in total. The van der Waals surface area contributed by atoms with Gasteiger partial charge in [-0.15, -0.1) is 0 Å². The molecule has 276 valence electrons. The molecule has 0 aliphatic heterocycles. The van der Waals surface area contributed by atoms with E-state index in [0.717, 1.165) is 15.7 Å². The number of aryl methyl sites for hydroxylation is 1. The summed E-state index contributed by atoms with van der Waals surface area (Å²) in [5, 5.41) is 4.79. The van der Waals surface area contributed by atoms with Gasteiger partial charge in [-0.3, -0.25) is 28.2 Å². The molecule has 0 aliphatic carbocycles. The Kier molecular flexibility index (Phi) is 9.94. The highest BCUT2D eigenvalue weighted by Gasteiger charge is 2.27. The fourth-order valence-corrected chi connectivity index (χ4v) is 7.61. The van der Waals surface area contributed by atoms with Crippen LogP contribution in [0.25, 0.3) is 28.4 Å². The van der Waals surface area contributed by atoms with Gasteiger partial charge in [0, 0.05) is 50.3 Å². The number of nitrogens with zero attached hydrogens (tertiary/aromatic N) is 8. The maximum atomic E-state index is 14.2. The SMILES string of the molecule is COc1ccc(CN(Cc2ccc(OC)cc2)S(=O)(=O)c2ccc(Cn3c(=O)n(C)c(=O)c4c3nc(-c3ccnn3C)n4-c3ccc(Cl)cc3)nc2)cc1. The molecule has 0 fully saturated rings. The van der Waals surface area contributed by atoms with Crippen molar-refractivity contribution in [2.24, 2.45) is 14.1 Å². The fraction of sp³-hybridized carbons (Fsp3) is 0.184.